The van der Waals surface area contributed by atoms with Gasteiger partial charge in [-0.25, -0.2) is 4.98 Å². The van der Waals surface area contributed by atoms with Gasteiger partial charge in [0.05, 0.1) is 25.1 Å². The minimum absolute atomic E-state index is 0.000400. The number of hydrogen-bond donors (Lipinski definition) is 2. The molecule has 1 aromatic heterocycles. The molecule has 1 atom stereocenters. The van der Waals surface area contributed by atoms with E-state index in [0.29, 0.717) is 12.4 Å². The van der Waals surface area contributed by atoms with Gasteiger partial charge in [-0.2, -0.15) is 0 Å². The van der Waals surface area contributed by atoms with Crippen molar-refractivity contribution in [2.75, 3.05) is 6.61 Å². The number of fused-ring (bicyclic) bond motifs is 1. The Kier molecular flexibility index (Phi) is 3.48. The highest BCUT2D eigenvalue weighted by Crippen LogP contribution is 2.32. The zero-order valence-corrected chi connectivity index (χ0v) is 12.2. The van der Waals surface area contributed by atoms with Crippen LogP contribution in [0.15, 0.2) is 29.0 Å². The van der Waals surface area contributed by atoms with Crippen molar-refractivity contribution in [3.8, 4) is 5.75 Å². The fraction of sp³-hybridized carbons (Fsp3) is 0.286. The molecule has 0 saturated heterocycles. The molecule has 6 heteroatoms. The maximum absolute atomic E-state index is 11.1. The standard InChI is InChI=1S/C14H13BrN2O3/c15-12-7-16-14(17-12)10(6-13(18)19)8-1-2-11-9(5-8)3-4-20-11/h1-2,5,7,10H,3-4,6H2,(H,16,17)(H,18,19). The Morgan fingerprint density at radius 3 is 3.10 bits per heavy atom. The molecule has 104 valence electrons. The molecule has 0 radical (unpaired) electrons. The van der Waals surface area contributed by atoms with E-state index >= 15 is 0 Å². The molecule has 0 amide bonds. The summed E-state index contributed by atoms with van der Waals surface area (Å²) in [6, 6.07) is 5.84. The van der Waals surface area contributed by atoms with Crippen LogP contribution in [0.1, 0.15) is 29.3 Å². The maximum Gasteiger partial charge on any atom is 0.304 e. The lowest BCUT2D eigenvalue weighted by molar-refractivity contribution is -0.137. The molecule has 0 spiro atoms. The normalized spacial score (nSPS) is 14.7. The Morgan fingerprint density at radius 1 is 1.55 bits per heavy atom. The number of halogens is 1. The van der Waals surface area contributed by atoms with Gasteiger partial charge in [-0.1, -0.05) is 12.1 Å². The first-order valence-corrected chi connectivity index (χ1v) is 7.10. The molecular formula is C14H13BrN2O3. The SMILES string of the molecule is O=C(O)CC(c1ccc2c(c1)CCO2)c1ncc(Br)[nH]1. The quantitative estimate of drug-likeness (QED) is 0.900. The van der Waals surface area contributed by atoms with Gasteiger partial charge in [-0.15, -0.1) is 0 Å². The molecule has 5 nitrogen and oxygen atoms in total. The summed E-state index contributed by atoms with van der Waals surface area (Å²) >= 11 is 3.30. The highest BCUT2D eigenvalue weighted by atomic mass is 79.9. The highest BCUT2D eigenvalue weighted by Gasteiger charge is 2.23. The van der Waals surface area contributed by atoms with Crippen LogP contribution in [0.2, 0.25) is 0 Å². The molecule has 2 heterocycles. The van der Waals surface area contributed by atoms with E-state index in [1.54, 1.807) is 6.20 Å². The van der Waals surface area contributed by atoms with Crippen LogP contribution < -0.4 is 4.74 Å². The van der Waals surface area contributed by atoms with Gasteiger partial charge in [0.25, 0.3) is 0 Å². The van der Waals surface area contributed by atoms with Gasteiger partial charge in [0.2, 0.25) is 0 Å². The van der Waals surface area contributed by atoms with E-state index < -0.39 is 5.97 Å². The Morgan fingerprint density at radius 2 is 2.40 bits per heavy atom. The summed E-state index contributed by atoms with van der Waals surface area (Å²) in [4.78, 5) is 18.4. The number of hydrogen-bond acceptors (Lipinski definition) is 3. The number of carbonyl (C=O) groups is 1. The first kappa shape index (κ1) is 13.2. The number of benzene rings is 1. The van der Waals surface area contributed by atoms with Crippen molar-refractivity contribution in [1.82, 2.24) is 9.97 Å². The van der Waals surface area contributed by atoms with Crippen LogP contribution in [0.3, 0.4) is 0 Å². The second kappa shape index (κ2) is 5.28. The Balaban J connectivity index is 1.98. The molecule has 0 saturated carbocycles. The molecule has 2 aromatic rings. The van der Waals surface area contributed by atoms with E-state index in [9.17, 15) is 4.79 Å². The van der Waals surface area contributed by atoms with Crippen molar-refractivity contribution < 1.29 is 14.6 Å². The van der Waals surface area contributed by atoms with Gasteiger partial charge < -0.3 is 14.8 Å². The lowest BCUT2D eigenvalue weighted by Gasteiger charge is -2.14. The first-order valence-electron chi connectivity index (χ1n) is 6.31. The van der Waals surface area contributed by atoms with Crippen molar-refractivity contribution >= 4 is 21.9 Å². The van der Waals surface area contributed by atoms with Gasteiger partial charge in [0.1, 0.15) is 16.2 Å². The van der Waals surface area contributed by atoms with Crippen LogP contribution in [0.25, 0.3) is 0 Å². The van der Waals surface area contributed by atoms with Gasteiger partial charge >= 0.3 is 5.97 Å². The zero-order valence-electron chi connectivity index (χ0n) is 10.6. The molecule has 1 aliphatic rings. The predicted octanol–water partition coefficient (Wildman–Crippen LogP) is 2.71. The third-order valence-electron chi connectivity index (χ3n) is 3.39. The summed E-state index contributed by atoms with van der Waals surface area (Å²) in [6.07, 6.45) is 2.51. The monoisotopic (exact) mass is 336 g/mol. The Labute approximate surface area is 124 Å². The van der Waals surface area contributed by atoms with Gasteiger partial charge in [0, 0.05) is 6.42 Å². The summed E-state index contributed by atoms with van der Waals surface area (Å²) in [7, 11) is 0. The number of aliphatic carboxylic acids is 1. The summed E-state index contributed by atoms with van der Waals surface area (Å²) in [6.45, 7) is 0.689. The molecule has 3 rings (SSSR count). The average Bonchev–Trinajstić information content (AvgIpc) is 3.03. The molecule has 1 aromatic carbocycles. The van der Waals surface area contributed by atoms with Crippen molar-refractivity contribution in [2.24, 2.45) is 0 Å². The summed E-state index contributed by atoms with van der Waals surface area (Å²) in [5, 5.41) is 9.13. The summed E-state index contributed by atoms with van der Waals surface area (Å²) in [5.41, 5.74) is 2.07. The second-order valence-corrected chi connectivity index (χ2v) is 5.59. The third kappa shape index (κ3) is 2.56. The smallest absolute Gasteiger partial charge is 0.304 e. The van der Waals surface area contributed by atoms with Crippen LogP contribution in [0.5, 0.6) is 5.75 Å². The number of imidazole rings is 1. The molecule has 0 fully saturated rings. The summed E-state index contributed by atoms with van der Waals surface area (Å²) < 4.78 is 6.22. The number of nitrogens with one attached hydrogen (secondary N) is 1. The number of carboxylic acid groups (broad SMARTS) is 1. The highest BCUT2D eigenvalue weighted by molar-refractivity contribution is 9.10. The number of aromatic nitrogens is 2. The fourth-order valence-corrected chi connectivity index (χ4v) is 2.77. The van der Waals surface area contributed by atoms with E-state index in [1.165, 1.54) is 0 Å². The molecule has 2 N–H and O–H groups in total. The van der Waals surface area contributed by atoms with E-state index in [0.717, 1.165) is 27.9 Å². The molecule has 1 unspecified atom stereocenters. The van der Waals surface area contributed by atoms with E-state index in [4.69, 9.17) is 9.84 Å². The number of ether oxygens (including phenoxy) is 1. The number of rotatable bonds is 4. The van der Waals surface area contributed by atoms with Crippen LogP contribution in [-0.2, 0) is 11.2 Å². The third-order valence-corrected chi connectivity index (χ3v) is 3.79. The Hall–Kier alpha value is -1.82. The van der Waals surface area contributed by atoms with Crippen LogP contribution >= 0.6 is 15.9 Å². The molecule has 0 bridgehead atoms. The summed E-state index contributed by atoms with van der Waals surface area (Å²) in [5.74, 6) is 0.408. The van der Waals surface area contributed by atoms with Crippen molar-refractivity contribution in [1.29, 1.82) is 0 Å². The average molecular weight is 337 g/mol. The lowest BCUT2D eigenvalue weighted by atomic mass is 9.93. The minimum atomic E-state index is -0.848. The van der Waals surface area contributed by atoms with Crippen LogP contribution in [0.4, 0.5) is 0 Å². The maximum atomic E-state index is 11.1. The van der Waals surface area contributed by atoms with E-state index in [1.807, 2.05) is 18.2 Å². The van der Waals surface area contributed by atoms with Crippen LogP contribution in [-0.4, -0.2) is 27.7 Å². The minimum Gasteiger partial charge on any atom is -0.493 e. The molecule has 1 aliphatic heterocycles. The molecule has 20 heavy (non-hydrogen) atoms. The topological polar surface area (TPSA) is 75.2 Å². The van der Waals surface area contributed by atoms with E-state index in [2.05, 4.69) is 25.9 Å². The fourth-order valence-electron chi connectivity index (χ4n) is 2.46. The van der Waals surface area contributed by atoms with Gasteiger partial charge in [-0.05, 0) is 33.1 Å². The Bertz CT molecular complexity index is 654. The van der Waals surface area contributed by atoms with Gasteiger partial charge in [-0.3, -0.25) is 4.79 Å². The predicted molar refractivity (Wildman–Crippen MR) is 76.0 cm³/mol. The lowest BCUT2D eigenvalue weighted by Crippen LogP contribution is -2.09. The molecular weight excluding hydrogens is 324 g/mol. The number of carboxylic acids is 1. The van der Waals surface area contributed by atoms with E-state index in [-0.39, 0.29) is 12.3 Å². The van der Waals surface area contributed by atoms with Crippen molar-refractivity contribution in [3.63, 3.8) is 0 Å². The number of nitrogens with zero attached hydrogens (tertiary/aromatic N) is 1. The molecule has 0 aliphatic carbocycles. The second-order valence-electron chi connectivity index (χ2n) is 4.73. The number of H-pyrrole nitrogens is 1. The van der Waals surface area contributed by atoms with Crippen molar-refractivity contribution in [2.45, 2.75) is 18.8 Å². The van der Waals surface area contributed by atoms with Gasteiger partial charge in [0.15, 0.2) is 0 Å². The first-order chi connectivity index (χ1) is 9.63. The van der Waals surface area contributed by atoms with Crippen molar-refractivity contribution in [3.05, 3.63) is 46.0 Å². The number of aromatic amines is 1. The van der Waals surface area contributed by atoms with Crippen LogP contribution in [0, 0.1) is 0 Å². The zero-order chi connectivity index (χ0) is 14.1. The largest absolute Gasteiger partial charge is 0.493 e.